The number of phenolic OH excluding ortho intramolecular Hbond substituents is 1. The van der Waals surface area contributed by atoms with Crippen LogP contribution >= 0.6 is 0 Å². The van der Waals surface area contributed by atoms with E-state index in [1.807, 2.05) is 55.5 Å². The van der Waals surface area contributed by atoms with Crippen LogP contribution in [0.2, 0.25) is 0 Å². The van der Waals surface area contributed by atoms with Crippen molar-refractivity contribution in [3.05, 3.63) is 114 Å². The monoisotopic (exact) mass is 422 g/mol. The van der Waals surface area contributed by atoms with Crippen molar-refractivity contribution in [2.45, 2.75) is 6.92 Å². The average molecular weight is 422 g/mol. The van der Waals surface area contributed by atoms with E-state index in [1.54, 1.807) is 36.4 Å². The van der Waals surface area contributed by atoms with Crippen LogP contribution in [0.25, 0.3) is 11.1 Å². The lowest BCUT2D eigenvalue weighted by atomic mass is 10.0. The first-order valence-electron chi connectivity index (χ1n) is 10.2. The molecule has 0 aliphatic heterocycles. The molecular formula is C27H22N2O3. The standard InChI is InChI=1S/C27H22N2O3/c1-18-7-14-23(17-25(18)29-27(32)22-12-15-24(30)16-13-22)28-26(31)21-10-8-20(9-11-21)19-5-3-2-4-6-19/h2-17,30H,1H3,(H,28,31)(H,29,32). The van der Waals surface area contributed by atoms with Gasteiger partial charge in [-0.3, -0.25) is 9.59 Å². The summed E-state index contributed by atoms with van der Waals surface area (Å²) in [7, 11) is 0. The number of benzene rings is 4. The minimum Gasteiger partial charge on any atom is -0.508 e. The molecule has 0 radical (unpaired) electrons. The van der Waals surface area contributed by atoms with Crippen molar-refractivity contribution in [2.24, 2.45) is 0 Å². The van der Waals surface area contributed by atoms with Gasteiger partial charge in [-0.05, 0) is 72.1 Å². The second-order valence-corrected chi connectivity index (χ2v) is 7.43. The van der Waals surface area contributed by atoms with Crippen LogP contribution in [0.1, 0.15) is 26.3 Å². The molecule has 5 nitrogen and oxygen atoms in total. The number of carbonyl (C=O) groups is 2. The fourth-order valence-corrected chi connectivity index (χ4v) is 3.29. The molecule has 2 amide bonds. The summed E-state index contributed by atoms with van der Waals surface area (Å²) in [6, 6.07) is 28.8. The molecule has 0 fully saturated rings. The minimum atomic E-state index is -0.298. The third-order valence-corrected chi connectivity index (χ3v) is 5.13. The van der Waals surface area contributed by atoms with Crippen LogP contribution in [0.3, 0.4) is 0 Å². The predicted molar refractivity (Wildman–Crippen MR) is 127 cm³/mol. The summed E-state index contributed by atoms with van der Waals surface area (Å²) >= 11 is 0. The van der Waals surface area contributed by atoms with Crippen LogP contribution in [0.5, 0.6) is 5.75 Å². The Hall–Kier alpha value is -4.38. The highest BCUT2D eigenvalue weighted by Crippen LogP contribution is 2.23. The molecule has 32 heavy (non-hydrogen) atoms. The Labute approximate surface area is 186 Å². The zero-order valence-corrected chi connectivity index (χ0v) is 17.5. The summed E-state index contributed by atoms with van der Waals surface area (Å²) in [5, 5.41) is 15.1. The van der Waals surface area contributed by atoms with Gasteiger partial charge in [0, 0.05) is 22.5 Å². The third kappa shape index (κ3) is 4.84. The normalized spacial score (nSPS) is 10.4. The molecule has 3 N–H and O–H groups in total. The van der Waals surface area contributed by atoms with Gasteiger partial charge in [0.2, 0.25) is 0 Å². The van der Waals surface area contributed by atoms with E-state index in [9.17, 15) is 14.7 Å². The van der Waals surface area contributed by atoms with Gasteiger partial charge in [0.25, 0.3) is 11.8 Å². The molecule has 0 unspecified atom stereocenters. The number of hydrogen-bond donors (Lipinski definition) is 3. The van der Waals surface area contributed by atoms with E-state index >= 15 is 0 Å². The lowest BCUT2D eigenvalue weighted by Gasteiger charge is -2.12. The summed E-state index contributed by atoms with van der Waals surface area (Å²) in [6.45, 7) is 1.88. The number of anilines is 2. The van der Waals surface area contributed by atoms with Gasteiger partial charge >= 0.3 is 0 Å². The summed E-state index contributed by atoms with van der Waals surface area (Å²) in [5.41, 5.74) is 5.13. The Kier molecular flexibility index (Phi) is 5.99. The molecule has 0 saturated carbocycles. The van der Waals surface area contributed by atoms with Gasteiger partial charge in [-0.15, -0.1) is 0 Å². The highest BCUT2D eigenvalue weighted by atomic mass is 16.3. The van der Waals surface area contributed by atoms with Crippen LogP contribution in [-0.2, 0) is 0 Å². The second kappa shape index (κ2) is 9.18. The average Bonchev–Trinajstić information content (AvgIpc) is 2.82. The molecule has 0 aliphatic rings. The molecule has 158 valence electrons. The van der Waals surface area contributed by atoms with E-state index in [4.69, 9.17) is 0 Å². The van der Waals surface area contributed by atoms with E-state index in [0.29, 0.717) is 22.5 Å². The van der Waals surface area contributed by atoms with E-state index < -0.39 is 0 Å². The summed E-state index contributed by atoms with van der Waals surface area (Å²) in [6.07, 6.45) is 0. The highest BCUT2D eigenvalue weighted by Gasteiger charge is 2.11. The lowest BCUT2D eigenvalue weighted by molar-refractivity contribution is 0.101. The zero-order chi connectivity index (χ0) is 22.5. The van der Waals surface area contributed by atoms with Gasteiger partial charge in [0.05, 0.1) is 0 Å². The third-order valence-electron chi connectivity index (χ3n) is 5.13. The van der Waals surface area contributed by atoms with E-state index in [1.165, 1.54) is 12.1 Å². The minimum absolute atomic E-state index is 0.0965. The molecule has 0 aliphatic carbocycles. The molecule has 0 bridgehead atoms. The Morgan fingerprint density at radius 1 is 0.656 bits per heavy atom. The van der Waals surface area contributed by atoms with Gasteiger partial charge in [-0.2, -0.15) is 0 Å². The fourth-order valence-electron chi connectivity index (χ4n) is 3.29. The number of nitrogens with one attached hydrogen (secondary N) is 2. The number of rotatable bonds is 5. The Bertz CT molecular complexity index is 1250. The summed E-state index contributed by atoms with van der Waals surface area (Å²) < 4.78 is 0. The van der Waals surface area contributed by atoms with Crippen LogP contribution < -0.4 is 10.6 Å². The van der Waals surface area contributed by atoms with Crippen molar-refractivity contribution >= 4 is 23.2 Å². The molecule has 4 rings (SSSR count). The first kappa shape index (κ1) is 20.9. The van der Waals surface area contributed by atoms with Gasteiger partial charge < -0.3 is 15.7 Å². The zero-order valence-electron chi connectivity index (χ0n) is 17.5. The van der Waals surface area contributed by atoms with Crippen LogP contribution in [-0.4, -0.2) is 16.9 Å². The first-order chi connectivity index (χ1) is 15.5. The van der Waals surface area contributed by atoms with Crippen molar-refractivity contribution < 1.29 is 14.7 Å². The summed E-state index contributed by atoms with van der Waals surface area (Å²) in [5.74, 6) is -0.434. The van der Waals surface area contributed by atoms with Gasteiger partial charge in [-0.1, -0.05) is 48.5 Å². The SMILES string of the molecule is Cc1ccc(NC(=O)c2ccc(-c3ccccc3)cc2)cc1NC(=O)c1ccc(O)cc1. The number of aryl methyl sites for hydroxylation is 1. The van der Waals surface area contributed by atoms with Crippen molar-refractivity contribution in [1.29, 1.82) is 0 Å². The maximum atomic E-state index is 12.7. The van der Waals surface area contributed by atoms with E-state index in [-0.39, 0.29) is 17.6 Å². The van der Waals surface area contributed by atoms with Crippen molar-refractivity contribution in [1.82, 2.24) is 0 Å². The smallest absolute Gasteiger partial charge is 0.255 e. The second-order valence-electron chi connectivity index (χ2n) is 7.43. The number of aromatic hydroxyl groups is 1. The molecule has 0 atom stereocenters. The molecule has 4 aromatic carbocycles. The molecule has 0 saturated heterocycles. The Morgan fingerprint density at radius 2 is 1.22 bits per heavy atom. The number of phenols is 1. The summed E-state index contributed by atoms with van der Waals surface area (Å²) in [4.78, 5) is 25.2. The fraction of sp³-hybridized carbons (Fsp3) is 0.0370. The van der Waals surface area contributed by atoms with Crippen LogP contribution in [0, 0.1) is 6.92 Å². The predicted octanol–water partition coefficient (Wildman–Crippen LogP) is 5.87. The largest absolute Gasteiger partial charge is 0.508 e. The molecule has 5 heteroatoms. The van der Waals surface area contributed by atoms with Crippen molar-refractivity contribution in [3.8, 4) is 16.9 Å². The number of hydrogen-bond acceptors (Lipinski definition) is 3. The lowest BCUT2D eigenvalue weighted by Crippen LogP contribution is -2.14. The Morgan fingerprint density at radius 3 is 1.88 bits per heavy atom. The number of amides is 2. The van der Waals surface area contributed by atoms with Gasteiger partial charge in [0.1, 0.15) is 5.75 Å². The van der Waals surface area contributed by atoms with Crippen LogP contribution in [0.4, 0.5) is 11.4 Å². The van der Waals surface area contributed by atoms with Gasteiger partial charge in [0.15, 0.2) is 0 Å². The highest BCUT2D eigenvalue weighted by molar-refractivity contribution is 6.07. The molecule has 4 aromatic rings. The van der Waals surface area contributed by atoms with E-state index in [2.05, 4.69) is 10.6 Å². The number of carbonyl (C=O) groups excluding carboxylic acids is 2. The Balaban J connectivity index is 1.47. The molecule has 0 aromatic heterocycles. The maximum Gasteiger partial charge on any atom is 0.255 e. The first-order valence-corrected chi connectivity index (χ1v) is 10.2. The van der Waals surface area contributed by atoms with E-state index in [0.717, 1.165) is 16.7 Å². The quantitative estimate of drug-likeness (QED) is 0.376. The van der Waals surface area contributed by atoms with Gasteiger partial charge in [-0.25, -0.2) is 0 Å². The molecule has 0 heterocycles. The van der Waals surface area contributed by atoms with Crippen LogP contribution in [0.15, 0.2) is 97.1 Å². The molecule has 0 spiro atoms. The van der Waals surface area contributed by atoms with Crippen molar-refractivity contribution in [2.75, 3.05) is 10.6 Å². The topological polar surface area (TPSA) is 78.4 Å². The molecular weight excluding hydrogens is 400 g/mol. The maximum absolute atomic E-state index is 12.7. The van der Waals surface area contributed by atoms with Crippen molar-refractivity contribution in [3.63, 3.8) is 0 Å².